The van der Waals surface area contributed by atoms with E-state index in [9.17, 15) is 0 Å². The number of hydrogen-bond donors (Lipinski definition) is 2. The summed E-state index contributed by atoms with van der Waals surface area (Å²) in [4.78, 5) is 8.93. The fraction of sp³-hybridized carbons (Fsp3) is 0.636. The summed E-state index contributed by atoms with van der Waals surface area (Å²) in [5.41, 5.74) is 3.58. The molecule has 3 N–H and O–H groups in total. The number of aromatic nitrogens is 2. The highest BCUT2D eigenvalue weighted by Gasteiger charge is 2.18. The van der Waals surface area contributed by atoms with Gasteiger partial charge in [-0.1, -0.05) is 19.3 Å². The molecule has 1 aromatic rings. The molecular formula is C11H18N4. The van der Waals surface area contributed by atoms with Gasteiger partial charge in [0.15, 0.2) is 0 Å². The lowest BCUT2D eigenvalue weighted by Crippen LogP contribution is -2.14. The number of nitrogens with one attached hydrogen (secondary N) is 1. The van der Waals surface area contributed by atoms with Crippen molar-refractivity contribution in [2.45, 2.75) is 44.9 Å². The Morgan fingerprint density at radius 1 is 1.27 bits per heavy atom. The molecule has 1 fully saturated rings. The topological polar surface area (TPSA) is 63.8 Å². The molecule has 0 unspecified atom stereocenters. The lowest BCUT2D eigenvalue weighted by atomic mass is 9.88. The van der Waals surface area contributed by atoms with E-state index in [0.717, 1.165) is 17.3 Å². The van der Waals surface area contributed by atoms with Crippen molar-refractivity contribution in [2.75, 3.05) is 5.43 Å². The SMILES string of the molecule is Cc1cc(NN)nc(C2CCCCC2)n1. The Balaban J connectivity index is 2.22. The molecule has 0 bridgehead atoms. The first-order valence-corrected chi connectivity index (χ1v) is 5.62. The zero-order chi connectivity index (χ0) is 10.7. The van der Waals surface area contributed by atoms with E-state index in [2.05, 4.69) is 15.4 Å². The second-order valence-corrected chi connectivity index (χ2v) is 4.23. The van der Waals surface area contributed by atoms with Crippen molar-refractivity contribution in [3.63, 3.8) is 0 Å². The molecule has 4 heteroatoms. The fourth-order valence-corrected chi connectivity index (χ4v) is 2.21. The van der Waals surface area contributed by atoms with Crippen LogP contribution in [0.15, 0.2) is 6.07 Å². The lowest BCUT2D eigenvalue weighted by Gasteiger charge is -2.20. The Morgan fingerprint density at radius 3 is 2.67 bits per heavy atom. The Bertz CT molecular complexity index is 331. The molecule has 1 heterocycles. The van der Waals surface area contributed by atoms with Crippen LogP contribution in [0.1, 0.15) is 49.5 Å². The number of rotatable bonds is 2. The highest BCUT2D eigenvalue weighted by atomic mass is 15.3. The van der Waals surface area contributed by atoms with Crippen LogP contribution in [0.4, 0.5) is 5.82 Å². The van der Waals surface area contributed by atoms with E-state index in [4.69, 9.17) is 5.84 Å². The summed E-state index contributed by atoms with van der Waals surface area (Å²) < 4.78 is 0. The Hall–Kier alpha value is -1.16. The highest BCUT2D eigenvalue weighted by Crippen LogP contribution is 2.31. The van der Waals surface area contributed by atoms with E-state index >= 15 is 0 Å². The molecule has 1 saturated carbocycles. The predicted molar refractivity (Wildman–Crippen MR) is 60.4 cm³/mol. The van der Waals surface area contributed by atoms with Crippen LogP contribution in [0.3, 0.4) is 0 Å². The standard InChI is InChI=1S/C11H18N4/c1-8-7-10(15-12)14-11(13-8)9-5-3-2-4-6-9/h7,9H,2-6,12H2,1H3,(H,13,14,15). The summed E-state index contributed by atoms with van der Waals surface area (Å²) in [6.07, 6.45) is 6.38. The molecule has 4 nitrogen and oxygen atoms in total. The quantitative estimate of drug-likeness (QED) is 0.574. The van der Waals surface area contributed by atoms with Crippen molar-refractivity contribution in [3.05, 3.63) is 17.6 Å². The minimum absolute atomic E-state index is 0.533. The molecule has 15 heavy (non-hydrogen) atoms. The number of nitrogens with two attached hydrogens (primary N) is 1. The predicted octanol–water partition coefficient (Wildman–Crippen LogP) is 2.12. The molecule has 0 aliphatic heterocycles. The van der Waals surface area contributed by atoms with Crippen LogP contribution in [0, 0.1) is 6.92 Å². The van der Waals surface area contributed by atoms with Crippen molar-refractivity contribution in [2.24, 2.45) is 5.84 Å². The number of hydrazine groups is 1. The smallest absolute Gasteiger partial charge is 0.143 e. The van der Waals surface area contributed by atoms with Crippen molar-refractivity contribution in [1.29, 1.82) is 0 Å². The van der Waals surface area contributed by atoms with Crippen molar-refractivity contribution < 1.29 is 0 Å². The monoisotopic (exact) mass is 206 g/mol. The molecule has 0 spiro atoms. The molecular weight excluding hydrogens is 188 g/mol. The molecule has 0 aromatic carbocycles. The highest BCUT2D eigenvalue weighted by molar-refractivity contribution is 5.34. The third-order valence-electron chi connectivity index (χ3n) is 2.99. The first-order valence-electron chi connectivity index (χ1n) is 5.62. The largest absolute Gasteiger partial charge is 0.308 e. The summed E-state index contributed by atoms with van der Waals surface area (Å²) >= 11 is 0. The third kappa shape index (κ3) is 2.45. The summed E-state index contributed by atoms with van der Waals surface area (Å²) in [6.45, 7) is 1.98. The first kappa shape index (κ1) is 10.4. The Labute approximate surface area is 90.3 Å². The average molecular weight is 206 g/mol. The van der Waals surface area contributed by atoms with Gasteiger partial charge in [0.25, 0.3) is 0 Å². The van der Waals surface area contributed by atoms with E-state index in [1.54, 1.807) is 0 Å². The van der Waals surface area contributed by atoms with E-state index in [0.29, 0.717) is 5.92 Å². The fourth-order valence-electron chi connectivity index (χ4n) is 2.21. The molecule has 0 radical (unpaired) electrons. The van der Waals surface area contributed by atoms with Gasteiger partial charge in [-0.3, -0.25) is 0 Å². The first-order chi connectivity index (χ1) is 7.29. The summed E-state index contributed by atoms with van der Waals surface area (Å²) in [5.74, 6) is 7.60. The van der Waals surface area contributed by atoms with Crippen LogP contribution in [0.2, 0.25) is 0 Å². The normalized spacial score (nSPS) is 17.7. The van der Waals surface area contributed by atoms with Gasteiger partial charge < -0.3 is 5.43 Å². The summed E-state index contributed by atoms with van der Waals surface area (Å²) in [7, 11) is 0. The second kappa shape index (κ2) is 4.57. The van der Waals surface area contributed by atoms with Gasteiger partial charge in [0.1, 0.15) is 11.6 Å². The number of nitrogen functional groups attached to an aromatic ring is 1. The number of hydrogen-bond acceptors (Lipinski definition) is 4. The van der Waals surface area contributed by atoms with Crippen molar-refractivity contribution in [1.82, 2.24) is 9.97 Å². The van der Waals surface area contributed by atoms with Crippen LogP contribution < -0.4 is 11.3 Å². The maximum Gasteiger partial charge on any atom is 0.143 e. The molecule has 82 valence electrons. The molecule has 0 amide bonds. The minimum Gasteiger partial charge on any atom is -0.308 e. The van der Waals surface area contributed by atoms with Gasteiger partial charge >= 0.3 is 0 Å². The van der Waals surface area contributed by atoms with Gasteiger partial charge in [-0.15, -0.1) is 0 Å². The third-order valence-corrected chi connectivity index (χ3v) is 2.99. The van der Waals surface area contributed by atoms with Crippen LogP contribution >= 0.6 is 0 Å². The van der Waals surface area contributed by atoms with Crippen molar-refractivity contribution >= 4 is 5.82 Å². The molecule has 1 aliphatic rings. The average Bonchev–Trinajstić information content (AvgIpc) is 2.29. The maximum absolute atomic E-state index is 5.38. The van der Waals surface area contributed by atoms with Crippen LogP contribution in [-0.2, 0) is 0 Å². The second-order valence-electron chi connectivity index (χ2n) is 4.23. The van der Waals surface area contributed by atoms with Gasteiger partial charge in [0.2, 0.25) is 0 Å². The van der Waals surface area contributed by atoms with E-state index in [1.807, 2.05) is 13.0 Å². The van der Waals surface area contributed by atoms with Crippen LogP contribution in [0.25, 0.3) is 0 Å². The zero-order valence-electron chi connectivity index (χ0n) is 9.16. The zero-order valence-corrected chi connectivity index (χ0v) is 9.16. The van der Waals surface area contributed by atoms with Gasteiger partial charge in [0.05, 0.1) is 0 Å². The van der Waals surface area contributed by atoms with E-state index in [1.165, 1.54) is 32.1 Å². The van der Waals surface area contributed by atoms with Gasteiger partial charge in [-0.05, 0) is 19.8 Å². The minimum atomic E-state index is 0.533. The lowest BCUT2D eigenvalue weighted by molar-refractivity contribution is 0.428. The van der Waals surface area contributed by atoms with Crippen molar-refractivity contribution in [3.8, 4) is 0 Å². The number of aryl methyl sites for hydroxylation is 1. The summed E-state index contributed by atoms with van der Waals surface area (Å²) in [6, 6.07) is 1.87. The van der Waals surface area contributed by atoms with Crippen LogP contribution in [0.5, 0.6) is 0 Å². The molecule has 2 rings (SSSR count). The molecule has 1 aliphatic carbocycles. The number of anilines is 1. The van der Waals surface area contributed by atoms with Crippen LogP contribution in [-0.4, -0.2) is 9.97 Å². The van der Waals surface area contributed by atoms with Gasteiger partial charge in [0, 0.05) is 17.7 Å². The summed E-state index contributed by atoms with van der Waals surface area (Å²) in [5, 5.41) is 0. The van der Waals surface area contributed by atoms with E-state index < -0.39 is 0 Å². The Morgan fingerprint density at radius 2 is 2.00 bits per heavy atom. The van der Waals surface area contributed by atoms with E-state index in [-0.39, 0.29) is 0 Å². The maximum atomic E-state index is 5.38. The number of nitrogens with zero attached hydrogens (tertiary/aromatic N) is 2. The molecule has 0 atom stereocenters. The Kier molecular flexibility index (Phi) is 3.16. The van der Waals surface area contributed by atoms with Gasteiger partial charge in [-0.2, -0.15) is 0 Å². The molecule has 0 saturated heterocycles. The molecule has 1 aromatic heterocycles. The van der Waals surface area contributed by atoms with Gasteiger partial charge in [-0.25, -0.2) is 15.8 Å².